The number of hydrogen-bond donors (Lipinski definition) is 1. The van der Waals surface area contributed by atoms with Crippen LogP contribution in [0.4, 0.5) is 5.69 Å². The zero-order chi connectivity index (χ0) is 20.2. The van der Waals surface area contributed by atoms with E-state index in [0.29, 0.717) is 0 Å². The largest absolute Gasteiger partial charge is 0.496 e. The second-order valence-corrected chi connectivity index (χ2v) is 7.52. The summed E-state index contributed by atoms with van der Waals surface area (Å²) in [5, 5.41) is 11.8. The Balaban J connectivity index is 1.52. The van der Waals surface area contributed by atoms with Crippen molar-refractivity contribution >= 4 is 11.6 Å². The van der Waals surface area contributed by atoms with Crippen LogP contribution in [0.25, 0.3) is 11.4 Å². The normalized spacial score (nSPS) is 13.4. The number of fused-ring (bicyclic) bond motifs is 1. The van der Waals surface area contributed by atoms with Crippen LogP contribution >= 0.6 is 0 Å². The smallest absolute Gasteiger partial charge is 0.228 e. The van der Waals surface area contributed by atoms with Crippen molar-refractivity contribution in [3.63, 3.8) is 0 Å². The molecule has 0 radical (unpaired) electrons. The molecule has 0 saturated carbocycles. The molecule has 2 heterocycles. The van der Waals surface area contributed by atoms with Crippen LogP contribution in [0.5, 0.6) is 5.75 Å². The number of methoxy groups -OCH3 is 1. The van der Waals surface area contributed by atoms with Gasteiger partial charge in [0, 0.05) is 29.8 Å². The fourth-order valence-electron chi connectivity index (χ4n) is 3.86. The van der Waals surface area contributed by atoms with Crippen molar-refractivity contribution in [2.75, 3.05) is 12.4 Å². The van der Waals surface area contributed by atoms with E-state index in [1.807, 2.05) is 49.4 Å². The molecule has 3 aromatic rings. The first-order valence-electron chi connectivity index (χ1n) is 10.1. The summed E-state index contributed by atoms with van der Waals surface area (Å²) in [4.78, 5) is 12.6. The fraction of sp³-hybridized carbons (Fsp3) is 0.348. The molecule has 29 heavy (non-hydrogen) atoms. The van der Waals surface area contributed by atoms with Crippen LogP contribution in [0, 0.1) is 6.92 Å². The molecule has 6 nitrogen and oxygen atoms in total. The van der Waals surface area contributed by atoms with Gasteiger partial charge in [0.2, 0.25) is 5.91 Å². The second-order valence-electron chi connectivity index (χ2n) is 7.52. The molecular weight excluding hydrogens is 364 g/mol. The van der Waals surface area contributed by atoms with Crippen LogP contribution in [0.1, 0.15) is 36.2 Å². The van der Waals surface area contributed by atoms with Gasteiger partial charge in [-0.15, -0.1) is 10.2 Å². The Labute approximate surface area is 170 Å². The number of benzene rings is 2. The number of nitrogens with one attached hydrogen (secondary N) is 1. The Bertz CT molecular complexity index is 1030. The van der Waals surface area contributed by atoms with Gasteiger partial charge >= 0.3 is 0 Å². The van der Waals surface area contributed by atoms with Gasteiger partial charge < -0.3 is 14.6 Å². The third kappa shape index (κ3) is 4.31. The summed E-state index contributed by atoms with van der Waals surface area (Å²) in [6, 6.07) is 13.7. The monoisotopic (exact) mass is 390 g/mol. The average molecular weight is 390 g/mol. The van der Waals surface area contributed by atoms with Gasteiger partial charge in [-0.25, -0.2) is 0 Å². The highest BCUT2D eigenvalue weighted by Crippen LogP contribution is 2.25. The van der Waals surface area contributed by atoms with Gasteiger partial charge in [-0.3, -0.25) is 4.79 Å². The lowest BCUT2D eigenvalue weighted by molar-refractivity contribution is -0.115. The Morgan fingerprint density at radius 2 is 2.03 bits per heavy atom. The number of aryl methyl sites for hydroxylation is 2. The third-order valence-corrected chi connectivity index (χ3v) is 5.30. The molecule has 0 spiro atoms. The zero-order valence-electron chi connectivity index (χ0n) is 16.9. The van der Waals surface area contributed by atoms with Gasteiger partial charge in [0.1, 0.15) is 11.6 Å². The van der Waals surface area contributed by atoms with Gasteiger partial charge in [-0.2, -0.15) is 0 Å². The van der Waals surface area contributed by atoms with Crippen LogP contribution < -0.4 is 10.1 Å². The van der Waals surface area contributed by atoms with Gasteiger partial charge in [0.05, 0.1) is 13.5 Å². The molecule has 6 heteroatoms. The number of carbonyl (C=O) groups excluding carboxylic acids is 1. The summed E-state index contributed by atoms with van der Waals surface area (Å²) in [5.41, 5.74) is 3.70. The first-order chi connectivity index (χ1) is 14.1. The molecule has 2 aromatic carbocycles. The van der Waals surface area contributed by atoms with E-state index < -0.39 is 0 Å². The summed E-state index contributed by atoms with van der Waals surface area (Å²) in [7, 11) is 1.62. The minimum atomic E-state index is -0.0777. The minimum absolute atomic E-state index is 0.0777. The molecule has 4 rings (SSSR count). The van der Waals surface area contributed by atoms with E-state index >= 15 is 0 Å². The molecule has 0 saturated heterocycles. The number of nitrogens with zero attached hydrogens (tertiary/aromatic N) is 3. The van der Waals surface area contributed by atoms with Gasteiger partial charge in [0.15, 0.2) is 5.82 Å². The second kappa shape index (κ2) is 8.47. The van der Waals surface area contributed by atoms with E-state index in [4.69, 9.17) is 4.74 Å². The topological polar surface area (TPSA) is 69.0 Å². The van der Waals surface area contributed by atoms with E-state index in [1.165, 1.54) is 6.42 Å². The summed E-state index contributed by atoms with van der Waals surface area (Å²) >= 11 is 0. The van der Waals surface area contributed by atoms with Crippen LogP contribution in [-0.4, -0.2) is 27.8 Å². The number of anilines is 1. The number of ether oxygens (including phenoxy) is 1. The molecule has 1 N–H and O–H groups in total. The SMILES string of the molecule is COc1ccc(C)cc1CC(=O)Nc1cccc(-c2nnc3n2CCCCC3)c1. The van der Waals surface area contributed by atoms with E-state index in [2.05, 4.69) is 20.1 Å². The average Bonchev–Trinajstić information content (AvgIpc) is 2.96. The van der Waals surface area contributed by atoms with Crippen molar-refractivity contribution in [1.29, 1.82) is 0 Å². The Morgan fingerprint density at radius 1 is 1.14 bits per heavy atom. The Hall–Kier alpha value is -3.15. The van der Waals surface area contributed by atoms with Crippen LogP contribution in [-0.2, 0) is 24.2 Å². The number of aromatic nitrogens is 3. The third-order valence-electron chi connectivity index (χ3n) is 5.30. The highest BCUT2D eigenvalue weighted by atomic mass is 16.5. The quantitative estimate of drug-likeness (QED) is 0.710. The summed E-state index contributed by atoms with van der Waals surface area (Å²) in [5.74, 6) is 2.58. The molecule has 1 aromatic heterocycles. The number of hydrogen-bond acceptors (Lipinski definition) is 4. The highest BCUT2D eigenvalue weighted by Gasteiger charge is 2.16. The van der Waals surface area contributed by atoms with Crippen molar-refractivity contribution in [2.24, 2.45) is 0 Å². The number of carbonyl (C=O) groups is 1. The lowest BCUT2D eigenvalue weighted by atomic mass is 10.1. The van der Waals surface area contributed by atoms with E-state index in [9.17, 15) is 4.79 Å². The first kappa shape index (κ1) is 19.2. The molecule has 1 aliphatic rings. The summed E-state index contributed by atoms with van der Waals surface area (Å²) in [6.07, 6.45) is 4.77. The van der Waals surface area contributed by atoms with E-state index in [1.54, 1.807) is 7.11 Å². The molecule has 1 aliphatic heterocycles. The molecule has 0 unspecified atom stereocenters. The maximum Gasteiger partial charge on any atom is 0.228 e. The highest BCUT2D eigenvalue weighted by molar-refractivity contribution is 5.93. The lowest BCUT2D eigenvalue weighted by Crippen LogP contribution is -2.15. The minimum Gasteiger partial charge on any atom is -0.496 e. The van der Waals surface area contributed by atoms with E-state index in [-0.39, 0.29) is 12.3 Å². The summed E-state index contributed by atoms with van der Waals surface area (Å²) in [6.45, 7) is 2.95. The first-order valence-corrected chi connectivity index (χ1v) is 10.1. The standard InChI is InChI=1S/C23H26N4O2/c1-16-10-11-20(29-2)18(13-16)15-22(28)24-19-8-6-7-17(14-19)23-26-25-21-9-4-3-5-12-27(21)23/h6-8,10-11,13-14H,3-5,9,12,15H2,1-2H3,(H,24,28). The van der Waals surface area contributed by atoms with Crippen LogP contribution in [0.15, 0.2) is 42.5 Å². The summed E-state index contributed by atoms with van der Waals surface area (Å²) < 4.78 is 7.60. The van der Waals surface area contributed by atoms with Crippen LogP contribution in [0.2, 0.25) is 0 Å². The van der Waals surface area contributed by atoms with Crippen molar-refractivity contribution in [3.8, 4) is 17.1 Å². The molecule has 0 fully saturated rings. The molecule has 0 bridgehead atoms. The Kier molecular flexibility index (Phi) is 5.60. The van der Waals surface area contributed by atoms with Crippen molar-refractivity contribution < 1.29 is 9.53 Å². The van der Waals surface area contributed by atoms with Crippen molar-refractivity contribution in [3.05, 3.63) is 59.4 Å². The molecule has 1 amide bonds. The molecule has 0 atom stereocenters. The van der Waals surface area contributed by atoms with E-state index in [0.717, 1.165) is 65.6 Å². The zero-order valence-corrected chi connectivity index (χ0v) is 16.9. The maximum absolute atomic E-state index is 12.6. The fourth-order valence-corrected chi connectivity index (χ4v) is 3.86. The Morgan fingerprint density at radius 3 is 2.90 bits per heavy atom. The number of rotatable bonds is 5. The molecular formula is C23H26N4O2. The van der Waals surface area contributed by atoms with Crippen molar-refractivity contribution in [1.82, 2.24) is 14.8 Å². The predicted octanol–water partition coefficient (Wildman–Crippen LogP) is 4.17. The number of amides is 1. The van der Waals surface area contributed by atoms with Crippen LogP contribution in [0.3, 0.4) is 0 Å². The molecule has 0 aliphatic carbocycles. The van der Waals surface area contributed by atoms with Gasteiger partial charge in [0.25, 0.3) is 0 Å². The maximum atomic E-state index is 12.6. The molecule has 150 valence electrons. The van der Waals surface area contributed by atoms with Gasteiger partial charge in [-0.1, -0.05) is 36.2 Å². The lowest BCUT2D eigenvalue weighted by Gasteiger charge is -2.11. The predicted molar refractivity (Wildman–Crippen MR) is 113 cm³/mol. The van der Waals surface area contributed by atoms with Crippen molar-refractivity contribution in [2.45, 2.75) is 45.6 Å². The van der Waals surface area contributed by atoms with Gasteiger partial charge in [-0.05, 0) is 38.0 Å².